The zero-order valence-electron chi connectivity index (χ0n) is 30.1. The number of carbonyl (C=O) groups is 6. The van der Waals surface area contributed by atoms with Gasteiger partial charge in [0.1, 0.15) is 24.2 Å². The van der Waals surface area contributed by atoms with Gasteiger partial charge < -0.3 is 31.3 Å². The van der Waals surface area contributed by atoms with Crippen LogP contribution in [0.15, 0.2) is 23.8 Å². The molecule has 0 spiro atoms. The maximum atomic E-state index is 14.0. The van der Waals surface area contributed by atoms with Crippen LogP contribution in [0.4, 0.5) is 4.79 Å². The smallest absolute Gasteiger partial charge is 0.332 e. The van der Waals surface area contributed by atoms with Crippen LogP contribution in [0, 0.1) is 11.3 Å². The van der Waals surface area contributed by atoms with Crippen molar-refractivity contribution in [3.8, 4) is 0 Å². The van der Waals surface area contributed by atoms with E-state index in [1.807, 2.05) is 66.7 Å². The number of nitrogens with two attached hydrogens (primary N) is 1. The molecule has 3 rings (SSSR count). The number of nitrogens with one attached hydrogen (secondary N) is 3. The van der Waals surface area contributed by atoms with Crippen LogP contribution < -0.4 is 21.7 Å². The van der Waals surface area contributed by atoms with Crippen molar-refractivity contribution in [3.05, 3.63) is 23.8 Å². The molecule has 1 aliphatic heterocycles. The summed E-state index contributed by atoms with van der Waals surface area (Å²) in [6.45, 7) is 13.5. The fraction of sp³-hybridized carbons (Fsp3) is 0.722. The van der Waals surface area contributed by atoms with Gasteiger partial charge in [-0.05, 0) is 62.9 Å². The van der Waals surface area contributed by atoms with Crippen LogP contribution in [-0.4, -0.2) is 77.2 Å². The highest BCUT2D eigenvalue weighted by molar-refractivity contribution is 6.37. The summed E-state index contributed by atoms with van der Waals surface area (Å²) in [5, 5.41) is 8.39. The highest BCUT2D eigenvalue weighted by atomic mass is 16.5. The van der Waals surface area contributed by atoms with Crippen LogP contribution in [0.25, 0.3) is 0 Å². The van der Waals surface area contributed by atoms with Crippen molar-refractivity contribution in [1.82, 2.24) is 20.9 Å². The highest BCUT2D eigenvalue weighted by Gasteiger charge is 2.46. The molecule has 3 unspecified atom stereocenters. The number of urea groups is 1. The fourth-order valence-corrected chi connectivity index (χ4v) is 6.50. The first-order chi connectivity index (χ1) is 22.7. The van der Waals surface area contributed by atoms with Crippen molar-refractivity contribution < 1.29 is 33.5 Å². The van der Waals surface area contributed by atoms with Gasteiger partial charge in [0.05, 0.1) is 6.04 Å². The molecule has 3 atom stereocenters. The molecule has 1 saturated heterocycles. The van der Waals surface area contributed by atoms with Gasteiger partial charge in [0, 0.05) is 6.54 Å². The minimum absolute atomic E-state index is 0.0821. The number of amides is 5. The molecule has 12 heteroatoms. The molecule has 0 bridgehead atoms. The van der Waals surface area contributed by atoms with Crippen molar-refractivity contribution in [2.24, 2.45) is 17.1 Å². The van der Waals surface area contributed by atoms with Crippen LogP contribution in [0.5, 0.6) is 0 Å². The van der Waals surface area contributed by atoms with Gasteiger partial charge in [-0.2, -0.15) is 0 Å². The number of allylic oxidation sites excluding steroid dienone is 2. The number of carbonyl (C=O) groups excluding carboxylic acids is 6. The van der Waals surface area contributed by atoms with Crippen molar-refractivity contribution in [2.75, 3.05) is 13.2 Å². The van der Waals surface area contributed by atoms with Crippen molar-refractivity contribution in [2.45, 2.75) is 143 Å². The first-order valence-electron chi connectivity index (χ1n) is 17.7. The molecule has 12 nitrogen and oxygen atoms in total. The summed E-state index contributed by atoms with van der Waals surface area (Å²) in [4.78, 5) is 80.1. The lowest BCUT2D eigenvalue weighted by Gasteiger charge is -2.38. The van der Waals surface area contributed by atoms with E-state index in [0.717, 1.165) is 44.1 Å². The molecule has 0 aromatic carbocycles. The predicted molar refractivity (Wildman–Crippen MR) is 184 cm³/mol. The van der Waals surface area contributed by atoms with Crippen LogP contribution in [0.2, 0.25) is 0 Å². The van der Waals surface area contributed by atoms with Gasteiger partial charge in [-0.25, -0.2) is 9.59 Å². The summed E-state index contributed by atoms with van der Waals surface area (Å²) in [7, 11) is 0. The van der Waals surface area contributed by atoms with E-state index in [1.54, 1.807) is 0 Å². The molecule has 48 heavy (non-hydrogen) atoms. The number of ether oxygens (including phenoxy) is 1. The molecule has 1 heterocycles. The Bertz CT molecular complexity index is 1210. The summed E-state index contributed by atoms with van der Waals surface area (Å²) < 4.78 is 5.66. The Morgan fingerprint density at radius 1 is 0.938 bits per heavy atom. The van der Waals surface area contributed by atoms with E-state index in [1.165, 1.54) is 4.90 Å². The van der Waals surface area contributed by atoms with Crippen LogP contribution >= 0.6 is 0 Å². The van der Waals surface area contributed by atoms with E-state index in [0.29, 0.717) is 38.6 Å². The van der Waals surface area contributed by atoms with E-state index < -0.39 is 64.6 Å². The lowest BCUT2D eigenvalue weighted by Crippen LogP contribution is -2.64. The summed E-state index contributed by atoms with van der Waals surface area (Å²) in [6.07, 6.45) is 13.0. The maximum absolute atomic E-state index is 14.0. The van der Waals surface area contributed by atoms with E-state index in [2.05, 4.69) is 16.0 Å². The molecule has 0 aromatic rings. The third-order valence-corrected chi connectivity index (χ3v) is 9.47. The Morgan fingerprint density at radius 3 is 2.10 bits per heavy atom. The number of rotatable bonds is 13. The highest BCUT2D eigenvalue weighted by Crippen LogP contribution is 2.32. The molecular weight excluding hydrogens is 614 g/mol. The summed E-state index contributed by atoms with van der Waals surface area (Å²) in [5.74, 6) is -3.20. The van der Waals surface area contributed by atoms with E-state index in [-0.39, 0.29) is 12.5 Å². The largest absolute Gasteiger partial charge is 0.459 e. The predicted octanol–water partition coefficient (Wildman–Crippen LogP) is 4.22. The summed E-state index contributed by atoms with van der Waals surface area (Å²) in [6, 6.07) is -3.60. The average Bonchev–Trinajstić information content (AvgIpc) is 3.53. The zero-order valence-corrected chi connectivity index (χ0v) is 30.1. The molecule has 5 N–H and O–H groups in total. The molecule has 0 radical (unpaired) electrons. The SMILES string of the molecule is C/C=C\C(=C/C)COC(=O)C1(NC(=O)NC(C(=O)N2CCCC2C(=O)NC(CC2CCC2)C(=O)C(N)=O)C(C)(C)C)CCCCC1.CC. The number of ketones is 1. The van der Waals surface area contributed by atoms with Crippen molar-refractivity contribution >= 4 is 35.5 Å². The molecule has 5 amide bonds. The zero-order chi connectivity index (χ0) is 36.1. The van der Waals surface area contributed by atoms with E-state index >= 15 is 0 Å². The number of hydrogen-bond donors (Lipinski definition) is 4. The molecular formula is C36H59N5O7. The number of likely N-dealkylation sites (tertiary alicyclic amines) is 1. The molecule has 3 fully saturated rings. The summed E-state index contributed by atoms with van der Waals surface area (Å²) >= 11 is 0. The van der Waals surface area contributed by atoms with Gasteiger partial charge in [-0.3, -0.25) is 19.2 Å². The topological polar surface area (TPSA) is 177 Å². The van der Waals surface area contributed by atoms with Crippen molar-refractivity contribution in [1.29, 1.82) is 0 Å². The van der Waals surface area contributed by atoms with Crippen molar-refractivity contribution in [3.63, 3.8) is 0 Å². The van der Waals surface area contributed by atoms with Crippen LogP contribution in [0.1, 0.15) is 119 Å². The minimum atomic E-state index is -1.22. The van der Waals surface area contributed by atoms with Gasteiger partial charge in [0.2, 0.25) is 17.6 Å². The van der Waals surface area contributed by atoms with Gasteiger partial charge in [0.15, 0.2) is 0 Å². The molecule has 2 aliphatic carbocycles. The standard InChI is InChI=1S/C34H53N5O7.C2H6/c1-6-13-22(7-2)21-46-31(44)34(17-9-8-10-18-34)38-32(45)37-27(33(3,4)5)30(43)39-19-12-16-25(39)29(42)36-24(26(40)28(35)41)20-23-14-11-15-23;1-2/h6-7,13,23-25,27H,8-12,14-21H2,1-5H3,(H2,35,41)(H,36,42)(H2,37,38,45);1-2H3/b13-6-,22-7+;. The Morgan fingerprint density at radius 2 is 1.58 bits per heavy atom. The van der Waals surface area contributed by atoms with Gasteiger partial charge in [-0.15, -0.1) is 0 Å². The Kier molecular flexibility index (Phi) is 15.8. The quantitative estimate of drug-likeness (QED) is 0.129. The van der Waals surface area contributed by atoms with Crippen LogP contribution in [-0.2, 0) is 28.7 Å². The van der Waals surface area contributed by atoms with E-state index in [4.69, 9.17) is 10.5 Å². The first-order valence-corrected chi connectivity index (χ1v) is 17.7. The summed E-state index contributed by atoms with van der Waals surface area (Å²) in [5.41, 5.74) is 4.13. The third-order valence-electron chi connectivity index (χ3n) is 9.47. The molecule has 3 aliphatic rings. The average molecular weight is 674 g/mol. The van der Waals surface area contributed by atoms with Crippen LogP contribution in [0.3, 0.4) is 0 Å². The molecule has 2 saturated carbocycles. The second-order valence-corrected chi connectivity index (χ2v) is 14.0. The number of esters is 1. The second-order valence-electron chi connectivity index (χ2n) is 14.0. The number of hydrogen-bond acceptors (Lipinski definition) is 7. The number of Topliss-reactive ketones (excluding diaryl/α,β-unsaturated/α-hetero) is 1. The maximum Gasteiger partial charge on any atom is 0.332 e. The van der Waals surface area contributed by atoms with Gasteiger partial charge in [0.25, 0.3) is 5.91 Å². The Labute approximate surface area is 286 Å². The lowest BCUT2D eigenvalue weighted by atomic mass is 9.80. The lowest BCUT2D eigenvalue weighted by molar-refractivity contribution is -0.151. The first kappa shape index (κ1) is 40.5. The normalized spacial score (nSPS) is 20.8. The third kappa shape index (κ3) is 10.9. The van der Waals surface area contributed by atoms with E-state index in [9.17, 15) is 28.8 Å². The number of primary amides is 1. The number of nitrogens with zero attached hydrogens (tertiary/aromatic N) is 1. The molecule has 0 aromatic heterocycles. The fourth-order valence-electron chi connectivity index (χ4n) is 6.50. The Hall–Kier alpha value is -3.70. The second kappa shape index (κ2) is 18.7. The minimum Gasteiger partial charge on any atom is -0.459 e. The monoisotopic (exact) mass is 673 g/mol. The van der Waals surface area contributed by atoms with Gasteiger partial charge in [-0.1, -0.05) is 91.4 Å². The Balaban J connectivity index is 0.00000392. The van der Waals surface area contributed by atoms with Gasteiger partial charge >= 0.3 is 12.0 Å². The molecule has 270 valence electrons.